The molecule has 0 bridgehead atoms. The van der Waals surface area contributed by atoms with Crippen molar-refractivity contribution in [2.24, 2.45) is 11.5 Å². The molecule has 0 saturated heterocycles. The number of aryl methyl sites for hydroxylation is 1. The first-order valence-electron chi connectivity index (χ1n) is 4.21. The monoisotopic (exact) mass is 227 g/mol. The maximum atomic E-state index is 10.9. The van der Waals surface area contributed by atoms with E-state index in [1.165, 1.54) is 0 Å². The number of nitrogens with zero attached hydrogens (tertiary/aromatic N) is 3. The van der Waals surface area contributed by atoms with Gasteiger partial charge in [-0.2, -0.15) is 4.68 Å². The van der Waals surface area contributed by atoms with Gasteiger partial charge in [0.15, 0.2) is 5.56 Å². The van der Waals surface area contributed by atoms with Crippen LogP contribution in [-0.2, 0) is 11.3 Å². The zero-order valence-electron chi connectivity index (χ0n) is 8.12. The number of amides is 2. The van der Waals surface area contributed by atoms with Crippen molar-refractivity contribution in [3.63, 3.8) is 0 Å². The molecule has 1 heterocycles. The van der Waals surface area contributed by atoms with Crippen LogP contribution in [0.1, 0.15) is 16.8 Å². The Hall–Kier alpha value is -2.45. The summed E-state index contributed by atoms with van der Waals surface area (Å²) in [5.74, 6) is -2.15. The minimum absolute atomic E-state index is 0.0307. The molecule has 0 saturated carbocycles. The fraction of sp³-hybridized carbons (Fsp3) is 0.286. The Bertz CT molecular complexity index is 420. The number of nitro groups is 1. The summed E-state index contributed by atoms with van der Waals surface area (Å²) in [4.78, 5) is 31.0. The SMILES string of the molecule is NC(=O)CCn1cc(C(N)=O)c([N+](=O)[O-])n1. The van der Waals surface area contributed by atoms with Gasteiger partial charge in [0.05, 0.1) is 17.8 Å². The van der Waals surface area contributed by atoms with Gasteiger partial charge in [-0.05, 0) is 4.92 Å². The zero-order valence-corrected chi connectivity index (χ0v) is 8.12. The van der Waals surface area contributed by atoms with Gasteiger partial charge in [-0.3, -0.25) is 9.59 Å². The summed E-state index contributed by atoms with van der Waals surface area (Å²) in [5, 5.41) is 14.0. The molecule has 2 amide bonds. The van der Waals surface area contributed by atoms with E-state index < -0.39 is 22.6 Å². The Morgan fingerprint density at radius 1 is 1.50 bits per heavy atom. The molecule has 0 unspecified atom stereocenters. The minimum atomic E-state index is -0.947. The van der Waals surface area contributed by atoms with Crippen LogP contribution in [0.25, 0.3) is 0 Å². The van der Waals surface area contributed by atoms with E-state index >= 15 is 0 Å². The second kappa shape index (κ2) is 4.38. The third kappa shape index (κ3) is 2.53. The van der Waals surface area contributed by atoms with Crippen LogP contribution >= 0.6 is 0 Å². The van der Waals surface area contributed by atoms with Gasteiger partial charge in [0.25, 0.3) is 5.91 Å². The van der Waals surface area contributed by atoms with Gasteiger partial charge < -0.3 is 21.6 Å². The Morgan fingerprint density at radius 2 is 2.12 bits per heavy atom. The lowest BCUT2D eigenvalue weighted by Crippen LogP contribution is -2.14. The molecule has 86 valence electrons. The average molecular weight is 227 g/mol. The quantitative estimate of drug-likeness (QED) is 0.477. The number of rotatable bonds is 5. The fourth-order valence-corrected chi connectivity index (χ4v) is 1.06. The van der Waals surface area contributed by atoms with E-state index in [1.54, 1.807) is 0 Å². The number of nitrogens with two attached hydrogens (primary N) is 2. The standard InChI is InChI=1S/C7H9N5O4/c8-5(13)1-2-11-3-4(6(9)14)7(10-11)12(15)16/h3H,1-2H2,(H2,8,13)(H2,9,14). The molecule has 1 rings (SSSR count). The summed E-state index contributed by atoms with van der Waals surface area (Å²) in [6.07, 6.45) is 1.08. The van der Waals surface area contributed by atoms with Crippen molar-refractivity contribution in [1.29, 1.82) is 0 Å². The molecule has 0 aliphatic carbocycles. The van der Waals surface area contributed by atoms with Crippen molar-refractivity contribution in [3.05, 3.63) is 21.9 Å². The van der Waals surface area contributed by atoms with Crippen molar-refractivity contribution >= 4 is 17.6 Å². The maximum Gasteiger partial charge on any atom is 0.402 e. The van der Waals surface area contributed by atoms with Crippen molar-refractivity contribution in [3.8, 4) is 0 Å². The van der Waals surface area contributed by atoms with Gasteiger partial charge in [-0.1, -0.05) is 0 Å². The van der Waals surface area contributed by atoms with Gasteiger partial charge in [0.2, 0.25) is 5.91 Å². The van der Waals surface area contributed by atoms with Crippen LogP contribution in [0.2, 0.25) is 0 Å². The number of carbonyl (C=O) groups excluding carboxylic acids is 2. The predicted molar refractivity (Wildman–Crippen MR) is 51.2 cm³/mol. The Balaban J connectivity index is 2.97. The van der Waals surface area contributed by atoms with Gasteiger partial charge in [0, 0.05) is 6.42 Å². The van der Waals surface area contributed by atoms with Crippen LogP contribution in [0.5, 0.6) is 0 Å². The molecule has 4 N–H and O–H groups in total. The van der Waals surface area contributed by atoms with Crippen LogP contribution < -0.4 is 11.5 Å². The Morgan fingerprint density at radius 3 is 2.50 bits per heavy atom. The topological polar surface area (TPSA) is 147 Å². The molecule has 9 heteroatoms. The number of hydrogen-bond acceptors (Lipinski definition) is 5. The molecule has 0 radical (unpaired) electrons. The van der Waals surface area contributed by atoms with E-state index in [1.807, 2.05) is 0 Å². The molecule has 0 aromatic carbocycles. The molecular weight excluding hydrogens is 218 g/mol. The first-order valence-corrected chi connectivity index (χ1v) is 4.21. The molecule has 0 aliphatic rings. The number of primary amides is 2. The molecular formula is C7H9N5O4. The molecule has 9 nitrogen and oxygen atoms in total. The molecule has 0 atom stereocenters. The molecule has 0 aliphatic heterocycles. The molecule has 0 spiro atoms. The second-order valence-electron chi connectivity index (χ2n) is 2.97. The number of hydrogen-bond donors (Lipinski definition) is 2. The second-order valence-corrected chi connectivity index (χ2v) is 2.97. The Labute approximate surface area is 89.2 Å². The summed E-state index contributed by atoms with van der Waals surface area (Å²) in [6.45, 7) is 0.0590. The van der Waals surface area contributed by atoms with Crippen molar-refractivity contribution < 1.29 is 14.5 Å². The smallest absolute Gasteiger partial charge is 0.370 e. The van der Waals surface area contributed by atoms with E-state index in [0.29, 0.717) is 0 Å². The Kier molecular flexibility index (Phi) is 3.18. The highest BCUT2D eigenvalue weighted by atomic mass is 16.6. The van der Waals surface area contributed by atoms with Crippen LogP contribution in [0.15, 0.2) is 6.20 Å². The van der Waals surface area contributed by atoms with E-state index in [9.17, 15) is 19.7 Å². The van der Waals surface area contributed by atoms with Crippen molar-refractivity contribution in [1.82, 2.24) is 9.78 Å². The summed E-state index contributed by atoms with van der Waals surface area (Å²) in [7, 11) is 0. The molecule has 0 fully saturated rings. The van der Waals surface area contributed by atoms with Crippen LogP contribution in [0.3, 0.4) is 0 Å². The first-order chi connectivity index (χ1) is 7.41. The largest absolute Gasteiger partial charge is 0.402 e. The fourth-order valence-electron chi connectivity index (χ4n) is 1.06. The van der Waals surface area contributed by atoms with Crippen LogP contribution in [0.4, 0.5) is 5.82 Å². The third-order valence-corrected chi connectivity index (χ3v) is 1.77. The number of carbonyl (C=O) groups is 2. The number of aromatic nitrogens is 2. The zero-order chi connectivity index (χ0) is 12.3. The van der Waals surface area contributed by atoms with Gasteiger partial charge in [0.1, 0.15) is 0 Å². The van der Waals surface area contributed by atoms with Crippen LogP contribution in [0, 0.1) is 10.1 Å². The van der Waals surface area contributed by atoms with E-state index in [4.69, 9.17) is 11.5 Å². The summed E-state index contributed by atoms with van der Waals surface area (Å²) in [6, 6.07) is 0. The van der Waals surface area contributed by atoms with E-state index in [0.717, 1.165) is 10.9 Å². The summed E-state index contributed by atoms with van der Waals surface area (Å²) < 4.78 is 1.09. The third-order valence-electron chi connectivity index (χ3n) is 1.77. The van der Waals surface area contributed by atoms with Crippen molar-refractivity contribution in [2.75, 3.05) is 0 Å². The highest BCUT2D eigenvalue weighted by Gasteiger charge is 2.24. The first kappa shape index (κ1) is 11.6. The van der Waals surface area contributed by atoms with E-state index in [-0.39, 0.29) is 18.5 Å². The van der Waals surface area contributed by atoms with Gasteiger partial charge >= 0.3 is 5.82 Å². The van der Waals surface area contributed by atoms with Gasteiger partial charge in [-0.25, -0.2) is 0 Å². The normalized spacial score (nSPS) is 10.0. The molecule has 1 aromatic heterocycles. The molecule has 16 heavy (non-hydrogen) atoms. The lowest BCUT2D eigenvalue weighted by Gasteiger charge is -1.91. The highest BCUT2D eigenvalue weighted by molar-refractivity contribution is 5.95. The lowest BCUT2D eigenvalue weighted by atomic mass is 10.3. The minimum Gasteiger partial charge on any atom is -0.370 e. The predicted octanol–water partition coefficient (Wildman–Crippen LogP) is -1.23. The summed E-state index contributed by atoms with van der Waals surface area (Å²) in [5.41, 5.74) is 9.54. The highest BCUT2D eigenvalue weighted by Crippen LogP contribution is 2.14. The maximum absolute atomic E-state index is 10.9. The average Bonchev–Trinajstić information content (AvgIpc) is 2.58. The summed E-state index contributed by atoms with van der Waals surface area (Å²) >= 11 is 0. The van der Waals surface area contributed by atoms with Gasteiger partial charge in [-0.15, -0.1) is 0 Å². The van der Waals surface area contributed by atoms with Crippen molar-refractivity contribution in [2.45, 2.75) is 13.0 Å². The van der Waals surface area contributed by atoms with Crippen LogP contribution in [-0.4, -0.2) is 26.5 Å². The lowest BCUT2D eigenvalue weighted by molar-refractivity contribution is -0.390. The van der Waals surface area contributed by atoms with E-state index in [2.05, 4.69) is 5.10 Å². The molecule has 1 aromatic rings.